The Bertz CT molecular complexity index is 1180. The number of aromatic nitrogens is 4. The standard InChI is InChI=1S/C26H34N6O3/c1-18-22(25(33)31-14-7-6-8-19(31)12-15-30(2)3)17-28-32(18)26-27-13-11-23(29-26)21-16-20(34-4)9-10-24(21)35-5/h9-11,13,16-17,19H,6-8,12,14-15H2,1-5H3/t19-/m1/s1. The first kappa shape index (κ1) is 24.7. The van der Waals surface area contributed by atoms with Crippen LogP contribution in [0, 0.1) is 6.92 Å². The number of piperidine rings is 1. The Hall–Kier alpha value is -3.46. The fourth-order valence-corrected chi connectivity index (χ4v) is 4.57. The van der Waals surface area contributed by atoms with E-state index in [1.807, 2.05) is 36.1 Å². The smallest absolute Gasteiger partial charge is 0.257 e. The van der Waals surface area contributed by atoms with Crippen LogP contribution in [-0.2, 0) is 0 Å². The van der Waals surface area contributed by atoms with Crippen molar-refractivity contribution in [1.29, 1.82) is 0 Å². The molecular formula is C26H34N6O3. The number of hydrogen-bond acceptors (Lipinski definition) is 7. The van der Waals surface area contributed by atoms with Crippen LogP contribution in [0.2, 0.25) is 0 Å². The average Bonchev–Trinajstić information content (AvgIpc) is 3.28. The highest BCUT2D eigenvalue weighted by Crippen LogP contribution is 2.32. The molecule has 9 heteroatoms. The number of amides is 1. The minimum Gasteiger partial charge on any atom is -0.497 e. The Kier molecular flexibility index (Phi) is 7.65. The second kappa shape index (κ2) is 10.9. The normalized spacial score (nSPS) is 15.9. The van der Waals surface area contributed by atoms with Gasteiger partial charge in [0.25, 0.3) is 11.9 Å². The molecule has 35 heavy (non-hydrogen) atoms. The quantitative estimate of drug-likeness (QED) is 0.489. The molecule has 0 unspecified atom stereocenters. The van der Waals surface area contributed by atoms with Gasteiger partial charge in [0.1, 0.15) is 11.5 Å². The lowest BCUT2D eigenvalue weighted by Gasteiger charge is -2.36. The van der Waals surface area contributed by atoms with Crippen molar-refractivity contribution in [3.05, 3.63) is 47.9 Å². The van der Waals surface area contributed by atoms with Crippen LogP contribution in [0.15, 0.2) is 36.7 Å². The Balaban J connectivity index is 1.63. The Morgan fingerprint density at radius 1 is 1.17 bits per heavy atom. The molecular weight excluding hydrogens is 444 g/mol. The van der Waals surface area contributed by atoms with Crippen LogP contribution < -0.4 is 9.47 Å². The maximum atomic E-state index is 13.6. The highest BCUT2D eigenvalue weighted by molar-refractivity contribution is 5.95. The highest BCUT2D eigenvalue weighted by Gasteiger charge is 2.29. The second-order valence-electron chi connectivity index (χ2n) is 9.10. The van der Waals surface area contributed by atoms with Crippen molar-refractivity contribution < 1.29 is 14.3 Å². The summed E-state index contributed by atoms with van der Waals surface area (Å²) in [4.78, 5) is 26.9. The molecule has 0 aliphatic carbocycles. The molecule has 0 saturated carbocycles. The van der Waals surface area contributed by atoms with Crippen molar-refractivity contribution in [2.24, 2.45) is 0 Å². The molecule has 0 N–H and O–H groups in total. The lowest BCUT2D eigenvalue weighted by atomic mass is 9.98. The van der Waals surface area contributed by atoms with E-state index in [1.54, 1.807) is 31.3 Å². The molecule has 1 saturated heterocycles. The van der Waals surface area contributed by atoms with Crippen LogP contribution in [0.4, 0.5) is 0 Å². The molecule has 1 aliphatic heterocycles. The molecule has 3 aromatic rings. The van der Waals surface area contributed by atoms with Crippen LogP contribution in [0.3, 0.4) is 0 Å². The van der Waals surface area contributed by atoms with Gasteiger partial charge in [-0.1, -0.05) is 0 Å². The van der Waals surface area contributed by atoms with Crippen LogP contribution in [0.5, 0.6) is 11.5 Å². The van der Waals surface area contributed by atoms with Crippen molar-refractivity contribution in [3.63, 3.8) is 0 Å². The van der Waals surface area contributed by atoms with E-state index in [0.717, 1.165) is 50.0 Å². The summed E-state index contributed by atoms with van der Waals surface area (Å²) in [6.45, 7) is 3.63. The van der Waals surface area contributed by atoms with Gasteiger partial charge in [0.05, 0.1) is 37.4 Å². The number of methoxy groups -OCH3 is 2. The maximum absolute atomic E-state index is 13.6. The molecule has 1 aromatic carbocycles. The summed E-state index contributed by atoms with van der Waals surface area (Å²) in [5, 5.41) is 4.49. The Morgan fingerprint density at radius 3 is 2.74 bits per heavy atom. The molecule has 3 heterocycles. The average molecular weight is 479 g/mol. The summed E-state index contributed by atoms with van der Waals surface area (Å²) >= 11 is 0. The third-order valence-corrected chi connectivity index (χ3v) is 6.55. The predicted octanol–water partition coefficient (Wildman–Crippen LogP) is 3.60. The minimum atomic E-state index is 0.0304. The number of carbonyl (C=O) groups is 1. The number of carbonyl (C=O) groups excluding carboxylic acids is 1. The van der Waals surface area contributed by atoms with Gasteiger partial charge in [-0.25, -0.2) is 14.6 Å². The number of likely N-dealkylation sites (tertiary alicyclic amines) is 1. The molecule has 9 nitrogen and oxygen atoms in total. The van der Waals surface area contributed by atoms with Gasteiger partial charge >= 0.3 is 0 Å². The lowest BCUT2D eigenvalue weighted by Crippen LogP contribution is -2.45. The molecule has 1 atom stereocenters. The van der Waals surface area contributed by atoms with Crippen LogP contribution in [0.25, 0.3) is 17.2 Å². The number of rotatable bonds is 8. The topological polar surface area (TPSA) is 85.6 Å². The highest BCUT2D eigenvalue weighted by atomic mass is 16.5. The molecule has 2 aromatic heterocycles. The van der Waals surface area contributed by atoms with E-state index in [-0.39, 0.29) is 11.9 Å². The lowest BCUT2D eigenvalue weighted by molar-refractivity contribution is 0.0590. The fraction of sp³-hybridized carbons (Fsp3) is 0.462. The zero-order chi connectivity index (χ0) is 24.9. The van der Waals surface area contributed by atoms with E-state index in [4.69, 9.17) is 14.5 Å². The number of nitrogens with zero attached hydrogens (tertiary/aromatic N) is 6. The fourth-order valence-electron chi connectivity index (χ4n) is 4.57. The van der Waals surface area contributed by atoms with Gasteiger partial charge < -0.3 is 19.3 Å². The number of benzene rings is 1. The molecule has 186 valence electrons. The summed E-state index contributed by atoms with van der Waals surface area (Å²) in [5.41, 5.74) is 2.78. The number of ether oxygens (including phenoxy) is 2. The number of hydrogen-bond donors (Lipinski definition) is 0. The molecule has 1 amide bonds. The maximum Gasteiger partial charge on any atom is 0.257 e. The first-order valence-corrected chi connectivity index (χ1v) is 12.0. The van der Waals surface area contributed by atoms with E-state index < -0.39 is 0 Å². The van der Waals surface area contributed by atoms with Gasteiger partial charge in [-0.15, -0.1) is 0 Å². The van der Waals surface area contributed by atoms with Crippen molar-refractivity contribution >= 4 is 5.91 Å². The van der Waals surface area contributed by atoms with Gasteiger partial charge in [-0.3, -0.25) is 4.79 Å². The molecule has 0 radical (unpaired) electrons. The van der Waals surface area contributed by atoms with Gasteiger partial charge in [0.2, 0.25) is 0 Å². The molecule has 1 fully saturated rings. The minimum absolute atomic E-state index is 0.0304. The molecule has 4 rings (SSSR count). The van der Waals surface area contributed by atoms with E-state index >= 15 is 0 Å². The van der Waals surface area contributed by atoms with E-state index in [1.165, 1.54) is 0 Å². The third kappa shape index (κ3) is 5.30. The summed E-state index contributed by atoms with van der Waals surface area (Å²) in [6.07, 6.45) is 7.53. The van der Waals surface area contributed by atoms with Crippen LogP contribution in [0.1, 0.15) is 41.7 Å². The van der Waals surface area contributed by atoms with Gasteiger partial charge in [-0.2, -0.15) is 5.10 Å². The van der Waals surface area contributed by atoms with Crippen LogP contribution >= 0.6 is 0 Å². The zero-order valence-corrected chi connectivity index (χ0v) is 21.2. The molecule has 0 spiro atoms. The van der Waals surface area contributed by atoms with Crippen molar-refractivity contribution in [1.82, 2.24) is 29.5 Å². The summed E-state index contributed by atoms with van der Waals surface area (Å²) in [7, 11) is 7.38. The van der Waals surface area contributed by atoms with Crippen molar-refractivity contribution in [2.75, 3.05) is 41.4 Å². The summed E-state index contributed by atoms with van der Waals surface area (Å²) < 4.78 is 12.5. The van der Waals surface area contributed by atoms with Gasteiger partial charge in [0, 0.05) is 24.3 Å². The Labute approximate surface area is 206 Å². The predicted molar refractivity (Wildman–Crippen MR) is 134 cm³/mol. The van der Waals surface area contributed by atoms with E-state index in [0.29, 0.717) is 28.7 Å². The van der Waals surface area contributed by atoms with Crippen LogP contribution in [-0.4, -0.2) is 82.9 Å². The van der Waals surface area contributed by atoms with Gasteiger partial charge in [-0.05, 0) is 77.5 Å². The Morgan fingerprint density at radius 2 is 2.00 bits per heavy atom. The van der Waals surface area contributed by atoms with E-state index in [9.17, 15) is 4.79 Å². The van der Waals surface area contributed by atoms with E-state index in [2.05, 4.69) is 29.1 Å². The first-order chi connectivity index (χ1) is 16.9. The van der Waals surface area contributed by atoms with Crippen molar-refractivity contribution in [3.8, 4) is 28.7 Å². The zero-order valence-electron chi connectivity index (χ0n) is 21.2. The second-order valence-corrected chi connectivity index (χ2v) is 9.10. The SMILES string of the molecule is COc1ccc(OC)c(-c2ccnc(-n3ncc(C(=O)N4CCCC[C@@H]4CCN(C)C)c3C)n2)c1. The first-order valence-electron chi connectivity index (χ1n) is 12.0. The monoisotopic (exact) mass is 478 g/mol. The summed E-state index contributed by atoms with van der Waals surface area (Å²) in [5.74, 6) is 1.81. The largest absolute Gasteiger partial charge is 0.497 e. The summed E-state index contributed by atoms with van der Waals surface area (Å²) in [6, 6.07) is 7.62. The van der Waals surface area contributed by atoms with Crippen molar-refractivity contribution in [2.45, 2.75) is 38.6 Å². The molecule has 0 bridgehead atoms. The third-order valence-electron chi connectivity index (χ3n) is 6.55. The van der Waals surface area contributed by atoms with Gasteiger partial charge in [0.15, 0.2) is 0 Å². The molecule has 1 aliphatic rings.